The maximum Gasteiger partial charge on any atom is 0.325 e. The Morgan fingerprint density at radius 1 is 1.16 bits per heavy atom. The van der Waals surface area contributed by atoms with Gasteiger partial charge in [-0.15, -0.1) is 0 Å². The van der Waals surface area contributed by atoms with Crippen molar-refractivity contribution in [3.63, 3.8) is 0 Å². The zero-order valence-corrected chi connectivity index (χ0v) is 15.1. The topological polar surface area (TPSA) is 76.1 Å². The van der Waals surface area contributed by atoms with E-state index in [0.29, 0.717) is 21.7 Å². The molecule has 0 spiro atoms. The van der Waals surface area contributed by atoms with Gasteiger partial charge in [-0.1, -0.05) is 48.2 Å². The third-order valence-electron chi connectivity index (χ3n) is 3.17. The summed E-state index contributed by atoms with van der Waals surface area (Å²) in [6.45, 7) is 0. The molecule has 0 fully saturated rings. The largest absolute Gasteiger partial charge is 0.497 e. The number of benzene rings is 2. The lowest BCUT2D eigenvalue weighted by Crippen LogP contribution is -2.19. The standard InChI is InChI=1S/C17H16N4O2S2/c1-23-14-9-5-8-13(10-14)18-15(22)19-16-20-17(21-25-16)24-11-12-6-3-2-4-7-12/h2-10H,11H2,1H3,(H2,18,19,20,21,22). The van der Waals surface area contributed by atoms with Crippen molar-refractivity contribution in [1.82, 2.24) is 9.36 Å². The second kappa shape index (κ2) is 8.50. The molecule has 0 aliphatic rings. The number of rotatable bonds is 6. The van der Waals surface area contributed by atoms with Crippen LogP contribution in [0, 0.1) is 0 Å². The summed E-state index contributed by atoms with van der Waals surface area (Å²) in [5.74, 6) is 1.46. The Bertz CT molecular complexity index is 839. The second-order valence-electron chi connectivity index (χ2n) is 4.97. The summed E-state index contributed by atoms with van der Waals surface area (Å²) < 4.78 is 9.38. The van der Waals surface area contributed by atoms with Crippen LogP contribution in [-0.2, 0) is 5.75 Å². The highest BCUT2D eigenvalue weighted by Crippen LogP contribution is 2.24. The summed E-state index contributed by atoms with van der Waals surface area (Å²) in [7, 11) is 1.58. The molecule has 1 heterocycles. The van der Waals surface area contributed by atoms with Crippen molar-refractivity contribution in [2.75, 3.05) is 17.7 Å². The number of hydrogen-bond donors (Lipinski definition) is 2. The molecule has 0 aliphatic heterocycles. The number of urea groups is 1. The van der Waals surface area contributed by atoms with Gasteiger partial charge in [0, 0.05) is 29.0 Å². The predicted molar refractivity (Wildman–Crippen MR) is 102 cm³/mol. The van der Waals surface area contributed by atoms with Gasteiger partial charge in [-0.2, -0.15) is 9.36 Å². The van der Waals surface area contributed by atoms with Crippen LogP contribution in [0.2, 0.25) is 0 Å². The van der Waals surface area contributed by atoms with Crippen LogP contribution in [0.4, 0.5) is 15.6 Å². The van der Waals surface area contributed by atoms with Crippen LogP contribution in [-0.4, -0.2) is 22.5 Å². The zero-order valence-electron chi connectivity index (χ0n) is 13.4. The number of hydrogen-bond acceptors (Lipinski definition) is 6. The van der Waals surface area contributed by atoms with E-state index in [1.54, 1.807) is 25.3 Å². The first kappa shape index (κ1) is 17.2. The van der Waals surface area contributed by atoms with Gasteiger partial charge >= 0.3 is 6.03 Å². The molecule has 0 unspecified atom stereocenters. The van der Waals surface area contributed by atoms with E-state index in [4.69, 9.17) is 4.74 Å². The molecule has 2 amide bonds. The van der Waals surface area contributed by atoms with Gasteiger partial charge in [0.05, 0.1) is 7.11 Å². The lowest BCUT2D eigenvalue weighted by atomic mass is 10.2. The highest BCUT2D eigenvalue weighted by molar-refractivity contribution is 7.98. The summed E-state index contributed by atoms with van der Waals surface area (Å²) in [5, 5.41) is 6.52. The fourth-order valence-electron chi connectivity index (χ4n) is 2.00. The van der Waals surface area contributed by atoms with Gasteiger partial charge in [0.15, 0.2) is 0 Å². The van der Waals surface area contributed by atoms with E-state index >= 15 is 0 Å². The van der Waals surface area contributed by atoms with Gasteiger partial charge in [0.25, 0.3) is 0 Å². The molecule has 128 valence electrons. The number of thioether (sulfide) groups is 1. The minimum atomic E-state index is -0.371. The van der Waals surface area contributed by atoms with Gasteiger partial charge in [0.1, 0.15) is 5.75 Å². The van der Waals surface area contributed by atoms with Gasteiger partial charge in [-0.05, 0) is 17.7 Å². The summed E-state index contributed by atoms with van der Waals surface area (Å²) in [5.41, 5.74) is 1.84. The average molecular weight is 372 g/mol. The molecule has 3 rings (SSSR count). The number of aromatic nitrogens is 2. The fourth-order valence-corrected chi connectivity index (χ4v) is 3.50. The highest BCUT2D eigenvalue weighted by Gasteiger charge is 2.09. The SMILES string of the molecule is COc1cccc(NC(=O)Nc2nc(SCc3ccccc3)ns2)c1. The van der Waals surface area contributed by atoms with E-state index in [2.05, 4.69) is 32.1 Å². The number of methoxy groups -OCH3 is 1. The first-order valence-electron chi connectivity index (χ1n) is 7.45. The third kappa shape index (κ3) is 5.20. The quantitative estimate of drug-likeness (QED) is 0.624. The Labute approximate surface area is 153 Å². The van der Waals surface area contributed by atoms with Crippen LogP contribution in [0.25, 0.3) is 0 Å². The molecule has 0 bridgehead atoms. The molecule has 25 heavy (non-hydrogen) atoms. The average Bonchev–Trinajstić information content (AvgIpc) is 3.08. The molecule has 3 aromatic rings. The van der Waals surface area contributed by atoms with Crippen molar-refractivity contribution in [3.8, 4) is 5.75 Å². The van der Waals surface area contributed by atoms with E-state index in [0.717, 1.165) is 17.3 Å². The Balaban J connectivity index is 1.52. The van der Waals surface area contributed by atoms with Gasteiger partial charge in [-0.3, -0.25) is 5.32 Å². The van der Waals surface area contributed by atoms with Crippen LogP contribution in [0.5, 0.6) is 5.75 Å². The molecular weight excluding hydrogens is 356 g/mol. The maximum absolute atomic E-state index is 12.0. The number of carbonyl (C=O) groups excluding carboxylic acids is 1. The number of nitrogens with zero attached hydrogens (tertiary/aromatic N) is 2. The Hall–Kier alpha value is -2.58. The van der Waals surface area contributed by atoms with Crippen molar-refractivity contribution in [1.29, 1.82) is 0 Å². The molecule has 2 aromatic carbocycles. The Kier molecular flexibility index (Phi) is 5.86. The van der Waals surface area contributed by atoms with Crippen LogP contribution in [0.15, 0.2) is 59.8 Å². The van der Waals surface area contributed by atoms with Crippen molar-refractivity contribution >= 4 is 40.1 Å². The second-order valence-corrected chi connectivity index (χ2v) is 6.66. The van der Waals surface area contributed by atoms with E-state index < -0.39 is 0 Å². The highest BCUT2D eigenvalue weighted by atomic mass is 32.2. The van der Waals surface area contributed by atoms with E-state index in [1.807, 2.05) is 24.3 Å². The monoisotopic (exact) mass is 372 g/mol. The first-order valence-corrected chi connectivity index (χ1v) is 9.21. The number of carbonyl (C=O) groups is 1. The molecule has 0 radical (unpaired) electrons. The van der Waals surface area contributed by atoms with Crippen LogP contribution in [0.1, 0.15) is 5.56 Å². The van der Waals surface area contributed by atoms with Gasteiger partial charge in [-0.25, -0.2) is 4.79 Å². The smallest absolute Gasteiger partial charge is 0.325 e. The van der Waals surface area contributed by atoms with Crippen molar-refractivity contribution in [2.45, 2.75) is 10.9 Å². The summed E-state index contributed by atoms with van der Waals surface area (Å²) in [6, 6.07) is 16.9. The normalized spacial score (nSPS) is 10.3. The third-order valence-corrected chi connectivity index (χ3v) is 4.83. The van der Waals surface area contributed by atoms with Crippen LogP contribution < -0.4 is 15.4 Å². The molecule has 2 N–H and O–H groups in total. The summed E-state index contributed by atoms with van der Waals surface area (Å²) in [6.07, 6.45) is 0. The van der Waals surface area contributed by atoms with Crippen molar-refractivity contribution in [3.05, 3.63) is 60.2 Å². The number of anilines is 2. The van der Waals surface area contributed by atoms with Crippen LogP contribution in [0.3, 0.4) is 0 Å². The lowest BCUT2D eigenvalue weighted by molar-refractivity contribution is 0.262. The lowest BCUT2D eigenvalue weighted by Gasteiger charge is -2.06. The molecule has 6 nitrogen and oxygen atoms in total. The van der Waals surface area contributed by atoms with E-state index in [9.17, 15) is 4.79 Å². The molecule has 0 saturated heterocycles. The fraction of sp³-hybridized carbons (Fsp3) is 0.118. The minimum Gasteiger partial charge on any atom is -0.497 e. The molecule has 8 heteroatoms. The van der Waals surface area contributed by atoms with Gasteiger partial charge in [0.2, 0.25) is 10.3 Å². The molecule has 0 atom stereocenters. The summed E-state index contributed by atoms with van der Waals surface area (Å²) >= 11 is 2.68. The molecule has 0 aliphatic carbocycles. The summed E-state index contributed by atoms with van der Waals surface area (Å²) in [4.78, 5) is 16.4. The number of amides is 2. The number of nitrogens with one attached hydrogen (secondary N) is 2. The van der Waals surface area contributed by atoms with Crippen molar-refractivity contribution in [2.24, 2.45) is 0 Å². The van der Waals surface area contributed by atoms with Gasteiger partial charge < -0.3 is 10.1 Å². The van der Waals surface area contributed by atoms with E-state index in [-0.39, 0.29) is 6.03 Å². The first-order chi connectivity index (χ1) is 12.2. The Morgan fingerprint density at radius 3 is 2.80 bits per heavy atom. The van der Waals surface area contributed by atoms with E-state index in [1.165, 1.54) is 17.3 Å². The molecular formula is C17H16N4O2S2. The zero-order chi connectivity index (χ0) is 17.5. The molecule has 1 aromatic heterocycles. The molecule has 0 saturated carbocycles. The predicted octanol–water partition coefficient (Wildman–Crippen LogP) is 4.48. The minimum absolute atomic E-state index is 0.371. The Morgan fingerprint density at radius 2 is 2.00 bits per heavy atom. The number of ether oxygens (including phenoxy) is 1. The van der Waals surface area contributed by atoms with Crippen molar-refractivity contribution < 1.29 is 9.53 Å². The van der Waals surface area contributed by atoms with Crippen LogP contribution >= 0.6 is 23.3 Å². The maximum atomic E-state index is 12.0.